The molecule has 0 amide bonds. The molecular formula is C30H26O10. The molecule has 206 valence electrons. The van der Waals surface area contributed by atoms with Crippen molar-refractivity contribution >= 4 is 17.5 Å². The molecule has 0 radical (unpaired) electrons. The first-order valence-electron chi connectivity index (χ1n) is 12.7. The SMILES string of the molecule is CC1(C)O[C@@H]2O[C@H]([C@H](O)c3cc(O)c4c(c3O)C(=O)c3ccccc3C4=O)[C@](C)(OC(=O)c3ccccc3)[C@H]2O1. The Morgan fingerprint density at radius 2 is 1.50 bits per heavy atom. The zero-order valence-electron chi connectivity index (χ0n) is 21.8. The van der Waals surface area contributed by atoms with Gasteiger partial charge in [-0.15, -0.1) is 0 Å². The van der Waals surface area contributed by atoms with E-state index in [9.17, 15) is 29.7 Å². The fraction of sp³-hybridized carbons (Fsp3) is 0.300. The molecule has 0 saturated carbocycles. The first-order valence-corrected chi connectivity index (χ1v) is 12.7. The van der Waals surface area contributed by atoms with Gasteiger partial charge in [-0.3, -0.25) is 9.59 Å². The Hall–Kier alpha value is -4.09. The van der Waals surface area contributed by atoms with Gasteiger partial charge in [0.05, 0.1) is 16.7 Å². The molecule has 3 aliphatic rings. The molecule has 2 saturated heterocycles. The second-order valence-electron chi connectivity index (χ2n) is 10.7. The Morgan fingerprint density at radius 1 is 0.900 bits per heavy atom. The van der Waals surface area contributed by atoms with E-state index >= 15 is 0 Å². The standard InChI is InChI=1S/C30H26O10/c1-29(2)38-26-28(40-29)37-25(30(26,3)39-27(36)14-9-5-4-6-10-14)24(35)17-13-18(31)19-20(23(17)34)22(33)16-12-8-7-11-15(16)21(19)32/h4-13,24-26,28,31,34-35H,1-3H3/t24-,25-,26+,28+,30+/m1/s1. The average molecular weight is 547 g/mol. The van der Waals surface area contributed by atoms with Gasteiger partial charge >= 0.3 is 5.97 Å². The van der Waals surface area contributed by atoms with Crippen LogP contribution in [0.2, 0.25) is 0 Å². The zero-order valence-corrected chi connectivity index (χ0v) is 21.8. The third-order valence-electron chi connectivity index (χ3n) is 7.58. The van der Waals surface area contributed by atoms with E-state index in [1.165, 1.54) is 19.1 Å². The molecule has 6 rings (SSSR count). The molecule has 1 aliphatic carbocycles. The largest absolute Gasteiger partial charge is 0.507 e. The van der Waals surface area contributed by atoms with Crippen LogP contribution in [-0.2, 0) is 18.9 Å². The predicted octanol–water partition coefficient (Wildman–Crippen LogP) is 3.40. The number of carbonyl (C=O) groups is 3. The van der Waals surface area contributed by atoms with Gasteiger partial charge in [-0.2, -0.15) is 0 Å². The number of aliphatic hydroxyl groups excluding tert-OH is 1. The van der Waals surface area contributed by atoms with E-state index in [0.29, 0.717) is 0 Å². The lowest BCUT2D eigenvalue weighted by Crippen LogP contribution is -2.52. The van der Waals surface area contributed by atoms with E-state index in [1.807, 2.05) is 0 Å². The van der Waals surface area contributed by atoms with E-state index in [4.69, 9.17) is 18.9 Å². The fourth-order valence-electron chi connectivity index (χ4n) is 5.66. The molecule has 0 unspecified atom stereocenters. The summed E-state index contributed by atoms with van der Waals surface area (Å²) in [6.45, 7) is 4.83. The Bertz CT molecular complexity index is 1560. The van der Waals surface area contributed by atoms with Gasteiger partial charge in [0.1, 0.15) is 23.7 Å². The molecular weight excluding hydrogens is 520 g/mol. The highest BCUT2D eigenvalue weighted by Crippen LogP contribution is 2.51. The molecule has 0 aromatic heterocycles. The molecule has 2 fully saturated rings. The van der Waals surface area contributed by atoms with Crippen LogP contribution in [0.1, 0.15) is 74.6 Å². The van der Waals surface area contributed by atoms with Gasteiger partial charge in [0, 0.05) is 16.7 Å². The van der Waals surface area contributed by atoms with Crippen molar-refractivity contribution in [2.24, 2.45) is 0 Å². The highest BCUT2D eigenvalue weighted by molar-refractivity contribution is 6.30. The maximum atomic E-state index is 13.3. The number of rotatable bonds is 4. The Morgan fingerprint density at radius 3 is 2.15 bits per heavy atom. The highest BCUT2D eigenvalue weighted by atomic mass is 16.8. The fourth-order valence-corrected chi connectivity index (χ4v) is 5.66. The normalized spacial score (nSPS) is 27.1. The molecule has 2 aliphatic heterocycles. The molecule has 10 nitrogen and oxygen atoms in total. The molecule has 3 aromatic carbocycles. The van der Waals surface area contributed by atoms with Gasteiger partial charge in [0.2, 0.25) is 0 Å². The number of esters is 1. The molecule has 10 heteroatoms. The summed E-state index contributed by atoms with van der Waals surface area (Å²) in [5.74, 6) is -4.44. The quantitative estimate of drug-likeness (QED) is 0.257. The number of carbonyl (C=O) groups excluding carboxylic acids is 3. The molecule has 40 heavy (non-hydrogen) atoms. The third-order valence-corrected chi connectivity index (χ3v) is 7.58. The van der Waals surface area contributed by atoms with Crippen molar-refractivity contribution in [2.45, 2.75) is 56.8 Å². The number of phenols is 2. The van der Waals surface area contributed by atoms with Crippen LogP contribution in [0.4, 0.5) is 0 Å². The van der Waals surface area contributed by atoms with Crippen molar-refractivity contribution in [3.8, 4) is 11.5 Å². The minimum atomic E-state index is -1.76. The Kier molecular flexibility index (Phi) is 5.86. The van der Waals surface area contributed by atoms with Crippen LogP contribution >= 0.6 is 0 Å². The van der Waals surface area contributed by atoms with Crippen LogP contribution in [0.25, 0.3) is 0 Å². The summed E-state index contributed by atoms with van der Waals surface area (Å²) in [6, 6.07) is 15.3. The minimum Gasteiger partial charge on any atom is -0.507 e. The lowest BCUT2D eigenvalue weighted by Gasteiger charge is -2.37. The highest BCUT2D eigenvalue weighted by Gasteiger charge is 2.65. The Labute approximate surface area is 228 Å². The zero-order chi connectivity index (χ0) is 28.6. The predicted molar refractivity (Wildman–Crippen MR) is 137 cm³/mol. The van der Waals surface area contributed by atoms with Crippen molar-refractivity contribution in [2.75, 3.05) is 0 Å². The molecule has 2 heterocycles. The monoisotopic (exact) mass is 546 g/mol. The van der Waals surface area contributed by atoms with E-state index < -0.39 is 70.6 Å². The van der Waals surface area contributed by atoms with E-state index in [0.717, 1.165) is 6.07 Å². The number of ketones is 2. The van der Waals surface area contributed by atoms with Crippen molar-refractivity contribution in [1.29, 1.82) is 0 Å². The summed E-state index contributed by atoms with van der Waals surface area (Å²) in [7, 11) is 0. The molecule has 3 aromatic rings. The van der Waals surface area contributed by atoms with Crippen LogP contribution < -0.4 is 0 Å². The number of benzene rings is 3. The Balaban J connectivity index is 1.42. The number of fused-ring (bicyclic) bond motifs is 3. The third kappa shape index (κ3) is 3.83. The number of aromatic hydroxyl groups is 2. The van der Waals surface area contributed by atoms with Crippen molar-refractivity contribution in [3.05, 3.63) is 94.0 Å². The smallest absolute Gasteiger partial charge is 0.338 e. The van der Waals surface area contributed by atoms with Crippen molar-refractivity contribution < 1.29 is 48.7 Å². The molecule has 3 N–H and O–H groups in total. The summed E-state index contributed by atoms with van der Waals surface area (Å²) >= 11 is 0. The van der Waals surface area contributed by atoms with Gasteiger partial charge in [0.25, 0.3) is 0 Å². The number of hydrogen-bond acceptors (Lipinski definition) is 10. The van der Waals surface area contributed by atoms with Crippen molar-refractivity contribution in [1.82, 2.24) is 0 Å². The summed E-state index contributed by atoms with van der Waals surface area (Å²) in [5.41, 5.74) is -2.38. The van der Waals surface area contributed by atoms with E-state index in [2.05, 4.69) is 0 Å². The van der Waals surface area contributed by atoms with Crippen molar-refractivity contribution in [3.63, 3.8) is 0 Å². The molecule has 0 bridgehead atoms. The van der Waals surface area contributed by atoms with Gasteiger partial charge < -0.3 is 34.3 Å². The van der Waals surface area contributed by atoms with Crippen LogP contribution in [-0.4, -0.2) is 62.7 Å². The van der Waals surface area contributed by atoms with Gasteiger partial charge in [-0.1, -0.05) is 42.5 Å². The number of ether oxygens (including phenoxy) is 4. The summed E-state index contributed by atoms with van der Waals surface area (Å²) in [5, 5.41) is 33.7. The summed E-state index contributed by atoms with van der Waals surface area (Å²) < 4.78 is 23.8. The van der Waals surface area contributed by atoms with Crippen LogP contribution in [0.3, 0.4) is 0 Å². The van der Waals surface area contributed by atoms with E-state index in [-0.39, 0.29) is 27.8 Å². The van der Waals surface area contributed by atoms with E-state index in [1.54, 1.807) is 56.3 Å². The van der Waals surface area contributed by atoms with Crippen LogP contribution in [0.5, 0.6) is 11.5 Å². The first-order chi connectivity index (χ1) is 18.9. The summed E-state index contributed by atoms with van der Waals surface area (Å²) in [4.78, 5) is 39.6. The minimum absolute atomic E-state index is 0.0543. The number of phenolic OH excluding ortho intramolecular Hbond substituents is 2. The van der Waals surface area contributed by atoms with Gasteiger partial charge in [-0.25, -0.2) is 4.79 Å². The second-order valence-corrected chi connectivity index (χ2v) is 10.7. The maximum Gasteiger partial charge on any atom is 0.338 e. The first kappa shape index (κ1) is 26.1. The number of hydrogen-bond donors (Lipinski definition) is 3. The van der Waals surface area contributed by atoms with Crippen LogP contribution in [0.15, 0.2) is 60.7 Å². The maximum absolute atomic E-state index is 13.3. The number of aliphatic hydroxyl groups is 1. The lowest BCUT2D eigenvalue weighted by molar-refractivity contribution is -0.240. The van der Waals surface area contributed by atoms with Gasteiger partial charge in [0.15, 0.2) is 35.3 Å². The lowest BCUT2D eigenvalue weighted by atomic mass is 9.80. The topological polar surface area (TPSA) is 149 Å². The van der Waals surface area contributed by atoms with Crippen LogP contribution in [0, 0.1) is 0 Å². The molecule has 5 atom stereocenters. The summed E-state index contributed by atoms with van der Waals surface area (Å²) in [6.07, 6.45) is -5.16. The average Bonchev–Trinajstić information content (AvgIpc) is 3.38. The molecule has 0 spiro atoms. The van der Waals surface area contributed by atoms with Gasteiger partial charge in [-0.05, 0) is 39.0 Å². The second kappa shape index (κ2) is 8.97.